The van der Waals surface area contributed by atoms with Gasteiger partial charge in [0, 0.05) is 35.7 Å². The summed E-state index contributed by atoms with van der Waals surface area (Å²) in [5.74, 6) is -9.14. The van der Waals surface area contributed by atoms with E-state index in [0.717, 1.165) is 17.0 Å². The van der Waals surface area contributed by atoms with E-state index in [0.29, 0.717) is 20.7 Å². The first kappa shape index (κ1) is 26.0. The van der Waals surface area contributed by atoms with Crippen molar-refractivity contribution in [2.24, 2.45) is 0 Å². The number of halogens is 3. The molecule has 8 radical (unpaired) electrons. The van der Waals surface area contributed by atoms with E-state index >= 15 is 0 Å². The van der Waals surface area contributed by atoms with Gasteiger partial charge in [0.25, 0.3) is 11.8 Å². The Morgan fingerprint density at radius 2 is 1.81 bits per heavy atom. The van der Waals surface area contributed by atoms with Gasteiger partial charge in [-0.25, -0.2) is 0 Å². The molecule has 4 amide bonds. The third-order valence-electron chi connectivity index (χ3n) is 6.30. The SMILES string of the molecule is [B]C1CC(=O)N([B])C(=O)[C@@]1([B])N1Cc2cc(CN([B])C(=O)C(F)(F)c3ccc(Cl)cc3)ccc2C1=O. The highest BCUT2D eigenvalue weighted by Crippen LogP contribution is 2.39. The number of hydrogen-bond acceptors (Lipinski definition) is 4. The molecule has 2 aromatic rings. The number of fused-ring (bicyclic) bond motifs is 1. The Balaban J connectivity index is 1.53. The minimum absolute atomic E-state index is 0.167. The van der Waals surface area contributed by atoms with E-state index in [1.165, 1.54) is 30.3 Å². The van der Waals surface area contributed by atoms with Crippen molar-refractivity contribution >= 4 is 66.9 Å². The van der Waals surface area contributed by atoms with Crippen LogP contribution in [-0.2, 0) is 33.4 Å². The van der Waals surface area contributed by atoms with Gasteiger partial charge in [0.15, 0.2) is 0 Å². The Morgan fingerprint density at radius 1 is 1.17 bits per heavy atom. The topological polar surface area (TPSA) is 78.0 Å². The van der Waals surface area contributed by atoms with Gasteiger partial charge in [0.05, 0.1) is 13.3 Å². The summed E-state index contributed by atoms with van der Waals surface area (Å²) in [7, 11) is 23.4. The van der Waals surface area contributed by atoms with Crippen molar-refractivity contribution in [1.82, 2.24) is 14.5 Å². The van der Waals surface area contributed by atoms with E-state index in [2.05, 4.69) is 0 Å². The fourth-order valence-corrected chi connectivity index (χ4v) is 4.35. The van der Waals surface area contributed by atoms with Crippen LogP contribution in [0.15, 0.2) is 42.5 Å². The molecular formula is C22H14B4ClF2N3O4. The zero-order valence-corrected chi connectivity index (χ0v) is 19.4. The van der Waals surface area contributed by atoms with Crippen LogP contribution in [-0.4, -0.2) is 75.2 Å². The van der Waals surface area contributed by atoms with Crippen molar-refractivity contribution in [1.29, 1.82) is 0 Å². The van der Waals surface area contributed by atoms with Gasteiger partial charge in [0.2, 0.25) is 27.8 Å². The lowest BCUT2D eigenvalue weighted by Gasteiger charge is -2.48. The summed E-state index contributed by atoms with van der Waals surface area (Å²) in [4.78, 5) is 51.7. The second kappa shape index (κ2) is 9.10. The summed E-state index contributed by atoms with van der Waals surface area (Å²) < 4.78 is 29.4. The quantitative estimate of drug-likeness (QED) is 0.456. The van der Waals surface area contributed by atoms with Gasteiger partial charge in [-0.05, 0) is 35.1 Å². The van der Waals surface area contributed by atoms with Crippen LogP contribution in [0.1, 0.15) is 33.5 Å². The summed E-state index contributed by atoms with van der Waals surface area (Å²) in [5.41, 5.74) is -1.72. The lowest BCUT2D eigenvalue weighted by molar-refractivity contribution is -0.154. The van der Waals surface area contributed by atoms with Gasteiger partial charge in [0.1, 0.15) is 7.85 Å². The summed E-state index contributed by atoms with van der Waals surface area (Å²) in [6.45, 7) is -0.569. The van der Waals surface area contributed by atoms with Crippen LogP contribution in [0.25, 0.3) is 0 Å². The number of alkyl halides is 2. The van der Waals surface area contributed by atoms with E-state index in [1.807, 2.05) is 0 Å². The van der Waals surface area contributed by atoms with E-state index in [4.69, 9.17) is 43.3 Å². The molecular weight excluding hydrogens is 487 g/mol. The molecule has 4 rings (SSSR count). The number of amides is 4. The molecule has 1 fully saturated rings. The van der Waals surface area contributed by atoms with Crippen molar-refractivity contribution in [2.45, 2.75) is 36.7 Å². The maximum Gasteiger partial charge on any atom is 0.348 e. The van der Waals surface area contributed by atoms with Gasteiger partial charge in [-0.2, -0.15) is 8.78 Å². The molecule has 0 saturated carbocycles. The normalized spacial score (nSPS) is 22.1. The first-order valence-electron chi connectivity index (χ1n) is 10.6. The fourth-order valence-electron chi connectivity index (χ4n) is 4.23. The molecule has 2 aliphatic heterocycles. The Kier molecular flexibility index (Phi) is 6.58. The van der Waals surface area contributed by atoms with Gasteiger partial charge < -0.3 is 14.5 Å². The Morgan fingerprint density at radius 3 is 2.44 bits per heavy atom. The summed E-state index contributed by atoms with van der Waals surface area (Å²) in [5, 5.41) is 0.231. The van der Waals surface area contributed by atoms with Crippen molar-refractivity contribution in [3.63, 3.8) is 0 Å². The van der Waals surface area contributed by atoms with Crippen LogP contribution in [0.3, 0.4) is 0 Å². The molecule has 174 valence electrons. The van der Waals surface area contributed by atoms with Crippen LogP contribution < -0.4 is 0 Å². The molecule has 0 aromatic heterocycles. The Labute approximate surface area is 215 Å². The Bertz CT molecular complexity index is 1280. The number of piperidine rings is 1. The molecule has 2 aliphatic rings. The highest BCUT2D eigenvalue weighted by atomic mass is 35.5. The lowest BCUT2D eigenvalue weighted by atomic mass is 9.55. The van der Waals surface area contributed by atoms with Gasteiger partial charge in [-0.3, -0.25) is 19.2 Å². The van der Waals surface area contributed by atoms with Gasteiger partial charge >= 0.3 is 5.92 Å². The number of hydrogen-bond donors (Lipinski definition) is 0. The minimum Gasteiger partial charge on any atom is -0.387 e. The minimum atomic E-state index is -3.90. The van der Waals surface area contributed by atoms with E-state index in [1.54, 1.807) is 0 Å². The summed E-state index contributed by atoms with van der Waals surface area (Å²) in [6, 6.07) is 8.83. The van der Waals surface area contributed by atoms with Crippen LogP contribution >= 0.6 is 11.6 Å². The maximum absolute atomic E-state index is 14.7. The molecule has 2 heterocycles. The third-order valence-corrected chi connectivity index (χ3v) is 6.55. The molecule has 0 N–H and O–H groups in total. The maximum atomic E-state index is 14.7. The lowest BCUT2D eigenvalue weighted by Crippen LogP contribution is -2.66. The predicted molar refractivity (Wildman–Crippen MR) is 128 cm³/mol. The van der Waals surface area contributed by atoms with Crippen molar-refractivity contribution < 1.29 is 28.0 Å². The largest absolute Gasteiger partial charge is 0.387 e. The third kappa shape index (κ3) is 4.13. The number of rotatable bonds is 5. The first-order valence-corrected chi connectivity index (χ1v) is 11.0. The molecule has 36 heavy (non-hydrogen) atoms. The zero-order valence-electron chi connectivity index (χ0n) is 18.7. The first-order chi connectivity index (χ1) is 16.8. The smallest absolute Gasteiger partial charge is 0.348 e. The highest BCUT2D eigenvalue weighted by molar-refractivity contribution is 6.42. The highest BCUT2D eigenvalue weighted by Gasteiger charge is 2.53. The van der Waals surface area contributed by atoms with E-state index < -0.39 is 52.9 Å². The number of nitrogens with zero attached hydrogens (tertiary/aromatic N) is 3. The second-order valence-electron chi connectivity index (χ2n) is 8.60. The van der Waals surface area contributed by atoms with Crippen molar-refractivity contribution in [2.75, 3.05) is 0 Å². The molecule has 1 unspecified atom stereocenters. The number of carbonyl (C=O) groups is 4. The molecule has 0 spiro atoms. The zero-order chi connectivity index (χ0) is 26.6. The summed E-state index contributed by atoms with van der Waals surface area (Å²) in [6.07, 6.45) is -0.351. The molecule has 0 aliphatic carbocycles. The van der Waals surface area contributed by atoms with Crippen LogP contribution in [0.4, 0.5) is 8.78 Å². The fraction of sp³-hybridized carbons (Fsp3) is 0.273. The standard InChI is InChI=1S/C22H14B4ClF2N3O4/c23-16-8-17(33)32(26)19(35)21(16,24)30-10-12-7-11(1-6-15(12)18(30)34)9-31(25)20(36)22(28,29)13-2-4-14(27)5-3-13/h1-7,16H,8-10H2/t16?,21-/m0/s1. The molecule has 14 heteroatoms. The van der Waals surface area contributed by atoms with E-state index in [-0.39, 0.29) is 23.6 Å². The molecule has 7 nitrogen and oxygen atoms in total. The Hall–Kier alpha value is -3.07. The molecule has 2 aromatic carbocycles. The monoisotopic (exact) mass is 501 g/mol. The molecule has 0 bridgehead atoms. The second-order valence-corrected chi connectivity index (χ2v) is 9.04. The predicted octanol–water partition coefficient (Wildman–Crippen LogP) is 1.16. The average molecular weight is 501 g/mol. The number of imide groups is 1. The molecule has 2 atom stereocenters. The number of carbonyl (C=O) groups excluding carboxylic acids is 4. The van der Waals surface area contributed by atoms with E-state index in [9.17, 15) is 28.0 Å². The van der Waals surface area contributed by atoms with Crippen LogP contribution in [0, 0.1) is 0 Å². The molecule has 1 saturated heterocycles. The van der Waals surface area contributed by atoms with Crippen molar-refractivity contribution in [3.05, 3.63) is 69.7 Å². The van der Waals surface area contributed by atoms with Gasteiger partial charge in [-0.1, -0.05) is 35.9 Å². The summed E-state index contributed by atoms with van der Waals surface area (Å²) >= 11 is 5.72. The number of benzene rings is 2. The average Bonchev–Trinajstić information content (AvgIpc) is 3.17. The van der Waals surface area contributed by atoms with Crippen LogP contribution in [0.2, 0.25) is 10.8 Å². The van der Waals surface area contributed by atoms with Crippen LogP contribution in [0.5, 0.6) is 0 Å². The van der Waals surface area contributed by atoms with Gasteiger partial charge in [-0.15, -0.1) is 0 Å². The van der Waals surface area contributed by atoms with Crippen molar-refractivity contribution in [3.8, 4) is 0 Å².